The molecule has 0 aliphatic rings. The highest BCUT2D eigenvalue weighted by Crippen LogP contribution is 2.15. The van der Waals surface area contributed by atoms with Gasteiger partial charge in [-0.3, -0.25) is 4.98 Å². The summed E-state index contributed by atoms with van der Waals surface area (Å²) < 4.78 is 11.3. The molecule has 0 unspecified atom stereocenters. The van der Waals surface area contributed by atoms with Crippen LogP contribution in [0.2, 0.25) is 0 Å². The van der Waals surface area contributed by atoms with Crippen LogP contribution in [0.3, 0.4) is 0 Å². The lowest BCUT2D eigenvalue weighted by Crippen LogP contribution is -2.15. The van der Waals surface area contributed by atoms with E-state index in [0.29, 0.717) is 11.4 Å². The highest BCUT2D eigenvalue weighted by Gasteiger charge is 2.05. The monoisotopic (exact) mass is 321 g/mol. The molecule has 0 atom stereocenters. The van der Waals surface area contributed by atoms with E-state index >= 15 is 0 Å². The maximum atomic E-state index is 11.5. The summed E-state index contributed by atoms with van der Waals surface area (Å²) in [7, 11) is 0. The first-order valence-electron chi connectivity index (χ1n) is 5.68. The number of hydrogen-bond acceptors (Lipinski definition) is 4. The summed E-state index contributed by atoms with van der Waals surface area (Å²) in [5, 5.41) is 0. The third-order valence-corrected chi connectivity index (χ3v) is 2.81. The van der Waals surface area contributed by atoms with Crippen LogP contribution in [0.1, 0.15) is 5.69 Å². The second kappa shape index (κ2) is 6.89. The Morgan fingerprint density at radius 3 is 2.63 bits per heavy atom. The van der Waals surface area contributed by atoms with Gasteiger partial charge in [0.15, 0.2) is 6.61 Å². The molecule has 0 bridgehead atoms. The Hall–Kier alpha value is -1.88. The topological polar surface area (TPSA) is 48.4 Å². The molecule has 2 rings (SSSR count). The van der Waals surface area contributed by atoms with Gasteiger partial charge in [0, 0.05) is 10.7 Å². The number of carbonyl (C=O) groups is 1. The lowest BCUT2D eigenvalue weighted by Gasteiger charge is -2.06. The van der Waals surface area contributed by atoms with Crippen molar-refractivity contribution in [2.24, 2.45) is 0 Å². The summed E-state index contributed by atoms with van der Waals surface area (Å²) >= 11 is 3.32. The Morgan fingerprint density at radius 2 is 1.95 bits per heavy atom. The minimum absolute atomic E-state index is 0.117. The Balaban J connectivity index is 1.74. The van der Waals surface area contributed by atoms with E-state index in [4.69, 9.17) is 9.47 Å². The summed E-state index contributed by atoms with van der Waals surface area (Å²) in [6.07, 6.45) is 1.65. The molecular weight excluding hydrogens is 310 g/mol. The van der Waals surface area contributed by atoms with Gasteiger partial charge in [-0.15, -0.1) is 0 Å². The van der Waals surface area contributed by atoms with Gasteiger partial charge in [-0.1, -0.05) is 22.0 Å². The average molecular weight is 322 g/mol. The fraction of sp³-hybridized carbons (Fsp3) is 0.143. The van der Waals surface area contributed by atoms with Crippen LogP contribution < -0.4 is 4.74 Å². The van der Waals surface area contributed by atoms with E-state index in [1.54, 1.807) is 24.4 Å². The minimum atomic E-state index is -0.423. The van der Waals surface area contributed by atoms with Crippen LogP contribution in [0.15, 0.2) is 53.1 Å². The quantitative estimate of drug-likeness (QED) is 0.794. The predicted molar refractivity (Wildman–Crippen MR) is 73.7 cm³/mol. The van der Waals surface area contributed by atoms with Crippen LogP contribution in [-0.4, -0.2) is 17.6 Å². The molecule has 4 nitrogen and oxygen atoms in total. The Morgan fingerprint density at radius 1 is 1.16 bits per heavy atom. The fourth-order valence-corrected chi connectivity index (χ4v) is 1.62. The van der Waals surface area contributed by atoms with Crippen LogP contribution >= 0.6 is 15.9 Å². The average Bonchev–Trinajstić information content (AvgIpc) is 2.45. The van der Waals surface area contributed by atoms with E-state index in [9.17, 15) is 4.79 Å². The molecule has 1 heterocycles. The zero-order chi connectivity index (χ0) is 13.5. The molecule has 0 aliphatic heterocycles. The smallest absolute Gasteiger partial charge is 0.344 e. The molecule has 2 aromatic rings. The van der Waals surface area contributed by atoms with Gasteiger partial charge in [-0.2, -0.15) is 0 Å². The van der Waals surface area contributed by atoms with Crippen molar-refractivity contribution in [3.8, 4) is 5.75 Å². The van der Waals surface area contributed by atoms with Crippen molar-refractivity contribution in [3.05, 3.63) is 58.8 Å². The third kappa shape index (κ3) is 4.71. The van der Waals surface area contributed by atoms with Crippen LogP contribution in [0, 0.1) is 0 Å². The molecule has 0 amide bonds. The second-order valence-electron chi connectivity index (χ2n) is 3.72. The van der Waals surface area contributed by atoms with Crippen molar-refractivity contribution in [2.45, 2.75) is 6.61 Å². The SMILES string of the molecule is O=C(COc1ccc(Br)cc1)OCc1ccccn1. The molecule has 1 aromatic heterocycles. The van der Waals surface area contributed by atoms with Crippen molar-refractivity contribution in [3.63, 3.8) is 0 Å². The molecule has 19 heavy (non-hydrogen) atoms. The summed E-state index contributed by atoms with van der Waals surface area (Å²) in [6.45, 7) is 0.0395. The molecule has 0 saturated carbocycles. The van der Waals surface area contributed by atoms with Crippen LogP contribution in [0.5, 0.6) is 5.75 Å². The number of nitrogens with zero attached hydrogens (tertiary/aromatic N) is 1. The Labute approximate surface area is 119 Å². The number of halogens is 1. The maximum Gasteiger partial charge on any atom is 0.344 e. The van der Waals surface area contributed by atoms with Gasteiger partial charge in [0.2, 0.25) is 0 Å². The third-order valence-electron chi connectivity index (χ3n) is 2.28. The number of pyridine rings is 1. The number of esters is 1. The Kier molecular flexibility index (Phi) is 4.92. The lowest BCUT2D eigenvalue weighted by atomic mass is 10.3. The molecule has 0 N–H and O–H groups in total. The largest absolute Gasteiger partial charge is 0.482 e. The minimum Gasteiger partial charge on any atom is -0.482 e. The second-order valence-corrected chi connectivity index (χ2v) is 4.64. The molecule has 98 valence electrons. The first kappa shape index (κ1) is 13.5. The molecule has 0 radical (unpaired) electrons. The van der Waals surface area contributed by atoms with Gasteiger partial charge in [0.25, 0.3) is 0 Å². The molecule has 0 aliphatic carbocycles. The lowest BCUT2D eigenvalue weighted by molar-refractivity contribution is -0.147. The molecule has 0 spiro atoms. The highest BCUT2D eigenvalue weighted by molar-refractivity contribution is 9.10. The molecule has 0 saturated heterocycles. The number of aromatic nitrogens is 1. The standard InChI is InChI=1S/C14H12BrNO3/c15-11-4-6-13(7-5-11)18-10-14(17)19-9-12-3-1-2-8-16-12/h1-8H,9-10H2. The van der Waals surface area contributed by atoms with E-state index in [-0.39, 0.29) is 13.2 Å². The highest BCUT2D eigenvalue weighted by atomic mass is 79.9. The van der Waals surface area contributed by atoms with Crippen LogP contribution in [-0.2, 0) is 16.1 Å². The molecule has 1 aromatic carbocycles. The number of rotatable bonds is 5. The summed E-state index contributed by atoms with van der Waals surface area (Å²) in [6, 6.07) is 12.7. The van der Waals surface area contributed by atoms with Crippen molar-refractivity contribution in [2.75, 3.05) is 6.61 Å². The first-order valence-corrected chi connectivity index (χ1v) is 6.47. The fourth-order valence-electron chi connectivity index (χ4n) is 1.35. The number of ether oxygens (including phenoxy) is 2. The normalized spacial score (nSPS) is 9.95. The van der Waals surface area contributed by atoms with Gasteiger partial charge < -0.3 is 9.47 Å². The van der Waals surface area contributed by atoms with E-state index in [0.717, 1.165) is 4.47 Å². The molecule has 0 fully saturated rings. The Bertz CT molecular complexity index is 528. The van der Waals surface area contributed by atoms with Crippen molar-refractivity contribution in [1.29, 1.82) is 0 Å². The van der Waals surface area contributed by atoms with E-state index < -0.39 is 5.97 Å². The van der Waals surface area contributed by atoms with Gasteiger partial charge in [-0.05, 0) is 36.4 Å². The van der Waals surface area contributed by atoms with Gasteiger partial charge >= 0.3 is 5.97 Å². The first-order chi connectivity index (χ1) is 9.24. The molecule has 5 heteroatoms. The van der Waals surface area contributed by atoms with E-state index in [1.165, 1.54) is 0 Å². The van der Waals surface area contributed by atoms with Gasteiger partial charge in [-0.25, -0.2) is 4.79 Å². The number of carbonyl (C=O) groups excluding carboxylic acids is 1. The van der Waals surface area contributed by atoms with E-state index in [1.807, 2.05) is 24.3 Å². The molecular formula is C14H12BrNO3. The van der Waals surface area contributed by atoms with Crippen LogP contribution in [0.4, 0.5) is 0 Å². The zero-order valence-corrected chi connectivity index (χ0v) is 11.7. The maximum absolute atomic E-state index is 11.5. The van der Waals surface area contributed by atoms with Crippen molar-refractivity contribution >= 4 is 21.9 Å². The summed E-state index contributed by atoms with van der Waals surface area (Å²) in [4.78, 5) is 15.5. The summed E-state index contributed by atoms with van der Waals surface area (Å²) in [5.41, 5.74) is 0.708. The number of hydrogen-bond donors (Lipinski definition) is 0. The van der Waals surface area contributed by atoms with Crippen molar-refractivity contribution in [1.82, 2.24) is 4.98 Å². The van der Waals surface area contributed by atoms with E-state index in [2.05, 4.69) is 20.9 Å². The number of benzene rings is 1. The zero-order valence-electron chi connectivity index (χ0n) is 10.1. The predicted octanol–water partition coefficient (Wildman–Crippen LogP) is 2.97. The van der Waals surface area contributed by atoms with Gasteiger partial charge in [0.05, 0.1) is 5.69 Å². The van der Waals surface area contributed by atoms with Gasteiger partial charge in [0.1, 0.15) is 12.4 Å². The van der Waals surface area contributed by atoms with Crippen molar-refractivity contribution < 1.29 is 14.3 Å². The van der Waals surface area contributed by atoms with Crippen LogP contribution in [0.25, 0.3) is 0 Å². The summed E-state index contributed by atoms with van der Waals surface area (Å²) in [5.74, 6) is 0.201.